The lowest BCUT2D eigenvalue weighted by Crippen LogP contribution is -2.60. The summed E-state index contributed by atoms with van der Waals surface area (Å²) in [6.45, 7) is 2.62. The Morgan fingerprint density at radius 2 is 2.15 bits per heavy atom. The number of likely N-dealkylation sites (tertiary alicyclic amines) is 1. The van der Waals surface area contributed by atoms with Crippen molar-refractivity contribution in [1.29, 1.82) is 0 Å². The summed E-state index contributed by atoms with van der Waals surface area (Å²) >= 11 is 0. The smallest absolute Gasteiger partial charge is 0.251 e. The van der Waals surface area contributed by atoms with Gasteiger partial charge >= 0.3 is 0 Å². The average molecular weight is 376 g/mol. The molecule has 8 nitrogen and oxygen atoms in total. The minimum Gasteiger partial charge on any atom is -0.375 e. The molecule has 0 aliphatic carbocycles. The molecule has 0 bridgehead atoms. The van der Waals surface area contributed by atoms with Gasteiger partial charge in [0.05, 0.1) is 17.6 Å². The highest BCUT2D eigenvalue weighted by Crippen LogP contribution is 2.42. The summed E-state index contributed by atoms with van der Waals surface area (Å²) in [6.07, 6.45) is 6.45. The molecule has 0 saturated carbocycles. The topological polar surface area (TPSA) is 87.8 Å². The van der Waals surface area contributed by atoms with Crippen LogP contribution in [-0.2, 0) is 31.0 Å². The second-order valence-corrected chi connectivity index (χ2v) is 7.67. The third-order valence-electron chi connectivity index (χ3n) is 6.19. The highest BCUT2D eigenvalue weighted by atomic mass is 16.5. The molecule has 148 valence electrons. The minimum absolute atomic E-state index is 0.0125. The van der Waals surface area contributed by atoms with E-state index in [-0.39, 0.29) is 24.5 Å². The number of methoxy groups -OCH3 is 1. The lowest BCUT2D eigenvalue weighted by Gasteiger charge is -2.50. The number of carbonyl (C=O) groups excluding carboxylic acids is 2. The van der Waals surface area contributed by atoms with Crippen LogP contribution in [0.4, 0.5) is 0 Å². The first-order chi connectivity index (χ1) is 13.2. The van der Waals surface area contributed by atoms with Crippen LogP contribution in [0.15, 0.2) is 6.33 Å². The molecule has 3 aliphatic rings. The zero-order valence-electron chi connectivity index (χ0n) is 15.9. The summed E-state index contributed by atoms with van der Waals surface area (Å²) in [5.74, 6) is 0.0823. The van der Waals surface area contributed by atoms with E-state index >= 15 is 0 Å². The molecule has 8 heteroatoms. The van der Waals surface area contributed by atoms with E-state index in [4.69, 9.17) is 9.47 Å². The number of aromatic amines is 1. The number of fused-ring (bicyclic) bond motifs is 2. The Balaban J connectivity index is 1.53. The molecule has 3 aliphatic heterocycles. The van der Waals surface area contributed by atoms with Crippen molar-refractivity contribution in [3.8, 4) is 0 Å². The van der Waals surface area contributed by atoms with Crippen molar-refractivity contribution >= 4 is 11.8 Å². The Morgan fingerprint density at radius 1 is 1.33 bits per heavy atom. The lowest BCUT2D eigenvalue weighted by atomic mass is 9.78. The summed E-state index contributed by atoms with van der Waals surface area (Å²) < 4.78 is 10.8. The van der Waals surface area contributed by atoms with Gasteiger partial charge in [-0.2, -0.15) is 0 Å². The number of imidazole rings is 1. The number of H-pyrrole nitrogens is 1. The number of hydrogen-bond donors (Lipinski definition) is 1. The van der Waals surface area contributed by atoms with Gasteiger partial charge in [-0.1, -0.05) is 0 Å². The van der Waals surface area contributed by atoms with Gasteiger partial charge in [-0.15, -0.1) is 0 Å². The summed E-state index contributed by atoms with van der Waals surface area (Å²) in [4.78, 5) is 37.2. The van der Waals surface area contributed by atoms with Crippen molar-refractivity contribution < 1.29 is 19.1 Å². The molecule has 1 atom stereocenters. The quantitative estimate of drug-likeness (QED) is 0.844. The highest BCUT2D eigenvalue weighted by molar-refractivity contribution is 5.81. The zero-order chi connectivity index (χ0) is 18.9. The zero-order valence-corrected chi connectivity index (χ0v) is 15.9. The molecule has 27 heavy (non-hydrogen) atoms. The van der Waals surface area contributed by atoms with E-state index in [1.807, 2.05) is 9.80 Å². The van der Waals surface area contributed by atoms with E-state index in [9.17, 15) is 9.59 Å². The van der Waals surface area contributed by atoms with Crippen molar-refractivity contribution in [3.05, 3.63) is 17.7 Å². The first-order valence-corrected chi connectivity index (χ1v) is 9.88. The predicted octanol–water partition coefficient (Wildman–Crippen LogP) is 0.828. The van der Waals surface area contributed by atoms with Crippen molar-refractivity contribution in [3.63, 3.8) is 0 Å². The molecule has 0 radical (unpaired) electrons. The van der Waals surface area contributed by atoms with Gasteiger partial charge in [0.15, 0.2) is 0 Å². The molecule has 4 heterocycles. The second kappa shape index (κ2) is 7.59. The molecule has 2 saturated heterocycles. The van der Waals surface area contributed by atoms with Crippen LogP contribution in [0.25, 0.3) is 0 Å². The molecular weight excluding hydrogens is 348 g/mol. The lowest BCUT2D eigenvalue weighted by molar-refractivity contribution is -0.153. The Morgan fingerprint density at radius 3 is 2.85 bits per heavy atom. The maximum absolute atomic E-state index is 12.8. The number of amides is 2. The van der Waals surface area contributed by atoms with Gasteiger partial charge in [-0.3, -0.25) is 9.59 Å². The molecule has 4 rings (SSSR count). The molecule has 1 spiro atoms. The standard InChI is InChI=1S/C19H28N4O4/c1-26-12-16(24)23-8-5-14-17(21-13-20-14)19(23)6-9-22(10-7-19)18(25)15-4-2-3-11-27-15/h13,15H,2-12H2,1H3,(H,20,21). The van der Waals surface area contributed by atoms with Crippen LogP contribution in [0.5, 0.6) is 0 Å². The molecule has 2 fully saturated rings. The van der Waals surface area contributed by atoms with Gasteiger partial charge in [0.1, 0.15) is 12.7 Å². The molecule has 1 aromatic heterocycles. The number of ether oxygens (including phenoxy) is 2. The Labute approximate surface area is 159 Å². The molecule has 0 aromatic carbocycles. The molecule has 1 N–H and O–H groups in total. The van der Waals surface area contributed by atoms with E-state index in [1.54, 1.807) is 13.4 Å². The van der Waals surface area contributed by atoms with Crippen molar-refractivity contribution in [2.24, 2.45) is 0 Å². The SMILES string of the molecule is COCC(=O)N1CCc2[nH]cnc2C12CCN(C(=O)C1CCCCO1)CC2. The van der Waals surface area contributed by atoms with Crippen molar-refractivity contribution in [2.75, 3.05) is 40.0 Å². The Bertz CT molecular complexity index is 690. The van der Waals surface area contributed by atoms with E-state index in [0.717, 1.165) is 37.1 Å². The first kappa shape index (κ1) is 18.4. The van der Waals surface area contributed by atoms with Gasteiger partial charge in [0.25, 0.3) is 5.91 Å². The minimum atomic E-state index is -0.451. The molecule has 1 unspecified atom stereocenters. The largest absolute Gasteiger partial charge is 0.375 e. The van der Waals surface area contributed by atoms with Crippen molar-refractivity contribution in [2.45, 2.75) is 50.2 Å². The number of piperidine rings is 1. The van der Waals surface area contributed by atoms with Crippen LogP contribution < -0.4 is 0 Å². The van der Waals surface area contributed by atoms with E-state index in [1.165, 1.54) is 0 Å². The number of hydrogen-bond acceptors (Lipinski definition) is 5. The number of nitrogens with zero attached hydrogens (tertiary/aromatic N) is 3. The van der Waals surface area contributed by atoms with E-state index < -0.39 is 5.54 Å². The van der Waals surface area contributed by atoms with Gasteiger partial charge in [0.2, 0.25) is 5.91 Å². The number of rotatable bonds is 3. The van der Waals surface area contributed by atoms with Crippen LogP contribution in [0.2, 0.25) is 0 Å². The third kappa shape index (κ3) is 3.25. The summed E-state index contributed by atoms with van der Waals surface area (Å²) in [5, 5.41) is 0. The maximum atomic E-state index is 12.8. The summed E-state index contributed by atoms with van der Waals surface area (Å²) in [6, 6.07) is 0. The third-order valence-corrected chi connectivity index (χ3v) is 6.19. The van der Waals surface area contributed by atoms with Crippen LogP contribution in [0, 0.1) is 0 Å². The van der Waals surface area contributed by atoms with Crippen LogP contribution in [0.1, 0.15) is 43.5 Å². The first-order valence-electron chi connectivity index (χ1n) is 9.88. The van der Waals surface area contributed by atoms with Crippen LogP contribution in [-0.4, -0.2) is 77.6 Å². The fourth-order valence-electron chi connectivity index (χ4n) is 4.79. The average Bonchev–Trinajstić information content (AvgIpc) is 3.19. The normalized spacial score (nSPS) is 24.7. The van der Waals surface area contributed by atoms with E-state index in [0.29, 0.717) is 39.1 Å². The fourth-order valence-corrected chi connectivity index (χ4v) is 4.79. The van der Waals surface area contributed by atoms with Gasteiger partial charge < -0.3 is 24.3 Å². The number of carbonyl (C=O) groups is 2. The molecule has 1 aromatic rings. The molecule has 2 amide bonds. The Kier molecular flexibility index (Phi) is 5.19. The molecular formula is C19H28N4O4. The monoisotopic (exact) mass is 376 g/mol. The van der Waals surface area contributed by atoms with Crippen LogP contribution >= 0.6 is 0 Å². The highest BCUT2D eigenvalue weighted by Gasteiger charge is 2.49. The van der Waals surface area contributed by atoms with E-state index in [2.05, 4.69) is 9.97 Å². The summed E-state index contributed by atoms with van der Waals surface area (Å²) in [7, 11) is 1.54. The second-order valence-electron chi connectivity index (χ2n) is 7.67. The van der Waals surface area contributed by atoms with Gasteiger partial charge in [0, 0.05) is 45.5 Å². The van der Waals surface area contributed by atoms with Crippen LogP contribution in [0.3, 0.4) is 0 Å². The number of nitrogens with one attached hydrogen (secondary N) is 1. The Hall–Kier alpha value is -1.93. The maximum Gasteiger partial charge on any atom is 0.251 e. The van der Waals surface area contributed by atoms with Crippen molar-refractivity contribution in [1.82, 2.24) is 19.8 Å². The predicted molar refractivity (Wildman–Crippen MR) is 97.0 cm³/mol. The van der Waals surface area contributed by atoms with Gasteiger partial charge in [-0.05, 0) is 32.1 Å². The number of aromatic nitrogens is 2. The summed E-state index contributed by atoms with van der Waals surface area (Å²) in [5.41, 5.74) is 1.61. The fraction of sp³-hybridized carbons (Fsp3) is 0.737. The van der Waals surface area contributed by atoms with Gasteiger partial charge in [-0.25, -0.2) is 4.98 Å².